The zero-order valence-corrected chi connectivity index (χ0v) is 24.2. The van der Waals surface area contributed by atoms with Gasteiger partial charge < -0.3 is 0 Å². The number of imide groups is 1. The second-order valence-electron chi connectivity index (χ2n) is 11.0. The van der Waals surface area contributed by atoms with Gasteiger partial charge in [0.05, 0.1) is 11.8 Å². The van der Waals surface area contributed by atoms with Crippen molar-refractivity contribution in [2.75, 3.05) is 0 Å². The van der Waals surface area contributed by atoms with Gasteiger partial charge in [0.15, 0.2) is 0 Å². The molecule has 8 rings (SSSR count). The molecule has 1 fully saturated rings. The monoisotopic (exact) mass is 609 g/mol. The first kappa shape index (κ1) is 27.4. The number of hydrogen-bond donors (Lipinski definition) is 2. The van der Waals surface area contributed by atoms with E-state index in [4.69, 9.17) is 23.2 Å². The van der Waals surface area contributed by atoms with Gasteiger partial charge in [0.25, 0.3) is 11.8 Å². The Morgan fingerprint density at radius 1 is 0.651 bits per heavy atom. The van der Waals surface area contributed by atoms with Crippen LogP contribution in [0.2, 0.25) is 0 Å². The third-order valence-electron chi connectivity index (χ3n) is 8.84. The summed E-state index contributed by atoms with van der Waals surface area (Å²) >= 11 is 15.1. The summed E-state index contributed by atoms with van der Waals surface area (Å²) in [7, 11) is 0. The summed E-state index contributed by atoms with van der Waals surface area (Å²) in [6.45, 7) is 0. The second kappa shape index (κ2) is 10.1. The topological polar surface area (TPSA) is 95.6 Å². The second-order valence-corrected chi connectivity index (χ2v) is 12.2. The molecule has 2 bridgehead atoms. The first-order valence-corrected chi connectivity index (χ1v) is 14.7. The quantitative estimate of drug-likeness (QED) is 0.196. The van der Waals surface area contributed by atoms with Crippen LogP contribution in [-0.2, 0) is 30.6 Å². The molecule has 4 aromatic rings. The lowest BCUT2D eigenvalue weighted by Gasteiger charge is -2.54. The average Bonchev–Trinajstić information content (AvgIpc) is 3.32. The van der Waals surface area contributed by atoms with Gasteiger partial charge in [-0.05, 0) is 39.9 Å². The van der Waals surface area contributed by atoms with E-state index in [0.29, 0.717) is 27.8 Å². The first-order chi connectivity index (χ1) is 20.8. The molecule has 1 heterocycles. The zero-order chi connectivity index (χ0) is 29.9. The number of nitrogens with one attached hydrogen (secondary N) is 2. The molecule has 4 aromatic carbocycles. The fourth-order valence-corrected chi connectivity index (χ4v) is 8.10. The van der Waals surface area contributed by atoms with Crippen LogP contribution in [0.3, 0.4) is 0 Å². The molecule has 0 spiro atoms. The highest BCUT2D eigenvalue weighted by Crippen LogP contribution is 2.69. The van der Waals surface area contributed by atoms with Crippen LogP contribution in [0.1, 0.15) is 38.2 Å². The number of carbonyl (C=O) groups excluding carboxylic acids is 4. The highest BCUT2D eigenvalue weighted by atomic mass is 35.5. The van der Waals surface area contributed by atoms with E-state index in [-0.39, 0.29) is 6.42 Å². The van der Waals surface area contributed by atoms with Crippen molar-refractivity contribution in [3.05, 3.63) is 143 Å². The van der Waals surface area contributed by atoms with Gasteiger partial charge in [-0.15, -0.1) is 23.2 Å². The lowest BCUT2D eigenvalue weighted by atomic mass is 9.54. The first-order valence-electron chi connectivity index (χ1n) is 13.9. The highest BCUT2D eigenvalue weighted by molar-refractivity contribution is 6.36. The molecule has 4 amide bonds. The standard InChI is InChI=1S/C34H25Cl2N3O4/c35-33-22-15-7-8-16-23(22)34(36,25-18-10-9-17-24(25)33)28-27(33)31(42)39(32(28)43)26(19-20-11-3-1-4-12-20)30(41)38-37-29(40)21-13-5-2-6-14-21/h1-18,26-28H,19H2,(H,37,40)(H,38,41)/t26-,27-,28-,33?,34?/m0/s1. The minimum absolute atomic E-state index is 0.0231. The van der Waals surface area contributed by atoms with Gasteiger partial charge in [-0.1, -0.05) is 97.1 Å². The molecule has 214 valence electrons. The van der Waals surface area contributed by atoms with Crippen molar-refractivity contribution in [3.8, 4) is 0 Å². The van der Waals surface area contributed by atoms with E-state index >= 15 is 0 Å². The molecule has 1 saturated heterocycles. The summed E-state index contributed by atoms with van der Waals surface area (Å²) in [6, 6.07) is 30.9. The Morgan fingerprint density at radius 3 is 1.53 bits per heavy atom. The largest absolute Gasteiger partial charge is 0.274 e. The minimum atomic E-state index is -1.37. The minimum Gasteiger partial charge on any atom is -0.274 e. The Kier molecular flexibility index (Phi) is 6.41. The van der Waals surface area contributed by atoms with E-state index in [9.17, 15) is 19.2 Å². The molecule has 7 nitrogen and oxygen atoms in total. The van der Waals surface area contributed by atoms with Gasteiger partial charge in [-0.3, -0.25) is 34.9 Å². The molecule has 4 aliphatic rings. The zero-order valence-electron chi connectivity index (χ0n) is 22.7. The predicted octanol–water partition coefficient (Wildman–Crippen LogP) is 4.65. The number of likely N-dealkylation sites (tertiary alicyclic amines) is 1. The summed E-state index contributed by atoms with van der Waals surface area (Å²) in [4.78, 5) is 53.8. The number of carbonyl (C=O) groups is 4. The van der Waals surface area contributed by atoms with Gasteiger partial charge >= 0.3 is 0 Å². The summed E-state index contributed by atoms with van der Waals surface area (Å²) < 4.78 is 0. The van der Waals surface area contributed by atoms with Crippen LogP contribution in [0.15, 0.2) is 109 Å². The number of halogens is 2. The molecule has 0 unspecified atom stereocenters. The third kappa shape index (κ3) is 3.88. The van der Waals surface area contributed by atoms with Crippen molar-refractivity contribution < 1.29 is 19.2 Å². The highest BCUT2D eigenvalue weighted by Gasteiger charge is 2.73. The Morgan fingerprint density at radius 2 is 1.07 bits per heavy atom. The molecule has 3 atom stereocenters. The Hall–Kier alpha value is -4.46. The Bertz CT molecular complexity index is 1670. The van der Waals surface area contributed by atoms with Gasteiger partial charge in [-0.2, -0.15) is 0 Å². The van der Waals surface area contributed by atoms with Gasteiger partial charge in [0, 0.05) is 12.0 Å². The lowest BCUT2D eigenvalue weighted by Crippen LogP contribution is -2.57. The number of hydrogen-bond acceptors (Lipinski definition) is 4. The maximum atomic E-state index is 14.5. The maximum absolute atomic E-state index is 14.5. The van der Waals surface area contributed by atoms with E-state index in [2.05, 4.69) is 10.9 Å². The van der Waals surface area contributed by atoms with E-state index in [1.165, 1.54) is 0 Å². The predicted molar refractivity (Wildman–Crippen MR) is 161 cm³/mol. The van der Waals surface area contributed by atoms with Crippen molar-refractivity contribution >= 4 is 46.8 Å². The van der Waals surface area contributed by atoms with Gasteiger partial charge in [0.1, 0.15) is 15.8 Å². The molecule has 1 aliphatic heterocycles. The number of nitrogens with zero attached hydrogens (tertiary/aromatic N) is 1. The Balaban J connectivity index is 1.30. The van der Waals surface area contributed by atoms with Crippen molar-refractivity contribution in [3.63, 3.8) is 0 Å². The summed E-state index contributed by atoms with van der Waals surface area (Å²) in [5.74, 6) is -4.51. The summed E-state index contributed by atoms with van der Waals surface area (Å²) in [6.07, 6.45) is 0.0231. The van der Waals surface area contributed by atoms with Crippen molar-refractivity contribution in [2.45, 2.75) is 22.2 Å². The fourth-order valence-electron chi connectivity index (χ4n) is 7.00. The van der Waals surface area contributed by atoms with Crippen molar-refractivity contribution in [1.29, 1.82) is 0 Å². The smallest absolute Gasteiger partial charge is 0.269 e. The maximum Gasteiger partial charge on any atom is 0.269 e. The molecule has 0 aromatic heterocycles. The van der Waals surface area contributed by atoms with Crippen LogP contribution in [0.4, 0.5) is 0 Å². The van der Waals surface area contributed by atoms with E-state index in [1.54, 1.807) is 30.3 Å². The number of benzene rings is 4. The lowest BCUT2D eigenvalue weighted by molar-refractivity contribution is -0.148. The van der Waals surface area contributed by atoms with Crippen LogP contribution in [0.5, 0.6) is 0 Å². The summed E-state index contributed by atoms with van der Waals surface area (Å²) in [5, 5.41) is 0. The number of hydrazine groups is 1. The van der Waals surface area contributed by atoms with E-state index < -0.39 is 51.3 Å². The van der Waals surface area contributed by atoms with Crippen molar-refractivity contribution in [2.24, 2.45) is 11.8 Å². The summed E-state index contributed by atoms with van der Waals surface area (Å²) in [5.41, 5.74) is 8.62. The number of alkyl halides is 2. The molecular formula is C34H25Cl2N3O4. The number of amides is 4. The van der Waals surface area contributed by atoms with Gasteiger partial charge in [0.2, 0.25) is 11.8 Å². The SMILES string of the molecule is O=C(NNC(=O)[C@H](Cc1ccccc1)N1C(=O)[C@@H]2[C@@H](C1=O)C1(Cl)c3ccccc3C2(Cl)c2ccccc21)c1ccccc1. The van der Waals surface area contributed by atoms with Crippen LogP contribution < -0.4 is 10.9 Å². The van der Waals surface area contributed by atoms with Crippen molar-refractivity contribution in [1.82, 2.24) is 15.8 Å². The molecule has 2 N–H and O–H groups in total. The molecular weight excluding hydrogens is 585 g/mol. The number of rotatable bonds is 5. The normalized spacial score (nSPS) is 25.4. The average molecular weight is 610 g/mol. The van der Waals surface area contributed by atoms with E-state index in [0.717, 1.165) is 10.5 Å². The molecule has 9 heteroatoms. The molecule has 0 radical (unpaired) electrons. The third-order valence-corrected chi connectivity index (χ3v) is 10.1. The molecule has 0 saturated carbocycles. The van der Waals surface area contributed by atoms with Crippen LogP contribution in [-0.4, -0.2) is 34.6 Å². The van der Waals surface area contributed by atoms with Crippen LogP contribution in [0.25, 0.3) is 0 Å². The van der Waals surface area contributed by atoms with Crippen LogP contribution >= 0.6 is 23.2 Å². The van der Waals surface area contributed by atoms with Gasteiger partial charge in [-0.25, -0.2) is 0 Å². The Labute approximate surface area is 257 Å². The molecule has 43 heavy (non-hydrogen) atoms. The van der Waals surface area contributed by atoms with E-state index in [1.807, 2.05) is 78.9 Å². The van der Waals surface area contributed by atoms with Crippen LogP contribution in [0, 0.1) is 11.8 Å². The fraction of sp³-hybridized carbons (Fsp3) is 0.176. The molecule has 3 aliphatic carbocycles.